The average Bonchev–Trinajstić information content (AvgIpc) is 3.02. The number of amides is 2. The molecule has 0 aromatic heterocycles. The number of likely N-dealkylation sites (N-methyl/N-ethyl adjacent to an activating group) is 1. The van der Waals surface area contributed by atoms with E-state index in [1.165, 1.54) is 4.90 Å². The molecule has 1 heterocycles. The summed E-state index contributed by atoms with van der Waals surface area (Å²) in [7, 11) is 3.80. The first kappa shape index (κ1) is 21.6. The first-order valence-corrected chi connectivity index (χ1v) is 10.1. The van der Waals surface area contributed by atoms with E-state index in [1.807, 2.05) is 19.0 Å². The van der Waals surface area contributed by atoms with Gasteiger partial charge in [-0.05, 0) is 57.8 Å². The van der Waals surface area contributed by atoms with Crippen molar-refractivity contribution in [3.05, 3.63) is 35.4 Å². The maximum atomic E-state index is 14.4. The van der Waals surface area contributed by atoms with Crippen molar-refractivity contribution < 1.29 is 23.1 Å². The second-order valence-electron chi connectivity index (χ2n) is 8.35. The monoisotopic (exact) mass is 409 g/mol. The number of carbonyl (C=O) groups is 2. The van der Waals surface area contributed by atoms with Crippen molar-refractivity contribution in [2.45, 2.75) is 44.4 Å². The minimum Gasteiger partial charge on any atom is -0.353 e. The molecule has 1 atom stereocenters. The van der Waals surface area contributed by atoms with Crippen LogP contribution in [0.4, 0.5) is 8.78 Å². The molecule has 29 heavy (non-hydrogen) atoms. The number of nitrogens with zero attached hydrogens (tertiary/aromatic N) is 2. The standard InChI is InChI=1S/C21H29F2N3O3/c1-14-6-8-21(9-7-14)26(20(28)16-5-4-15(22)12-17(16)23)18(13-29-21)19(27)24-10-11-25(2)3/h4-5,12,14,18H,6-11,13H2,1-3H3,(H,24,27)/t14?,18-,21?/m1/s1. The quantitative estimate of drug-likeness (QED) is 0.811. The molecule has 2 aliphatic rings. The van der Waals surface area contributed by atoms with Crippen molar-refractivity contribution in [3.63, 3.8) is 0 Å². The number of halogens is 2. The molecule has 0 unspecified atom stereocenters. The number of carbonyl (C=O) groups excluding carboxylic acids is 2. The molecule has 6 nitrogen and oxygen atoms in total. The lowest BCUT2D eigenvalue weighted by atomic mass is 9.83. The number of hydrogen-bond acceptors (Lipinski definition) is 4. The fraction of sp³-hybridized carbons (Fsp3) is 0.619. The highest BCUT2D eigenvalue weighted by Gasteiger charge is 2.53. The van der Waals surface area contributed by atoms with Crippen LogP contribution in [0.5, 0.6) is 0 Å². The summed E-state index contributed by atoms with van der Waals surface area (Å²) < 4.78 is 33.7. The van der Waals surface area contributed by atoms with E-state index in [0.717, 1.165) is 25.0 Å². The van der Waals surface area contributed by atoms with Crippen LogP contribution >= 0.6 is 0 Å². The SMILES string of the molecule is CC1CCC2(CC1)OC[C@H](C(=O)NCCN(C)C)N2C(=O)c1ccc(F)cc1F. The van der Waals surface area contributed by atoms with Crippen LogP contribution < -0.4 is 5.32 Å². The van der Waals surface area contributed by atoms with Gasteiger partial charge in [-0.15, -0.1) is 0 Å². The van der Waals surface area contributed by atoms with Crippen LogP contribution in [0.1, 0.15) is 43.0 Å². The van der Waals surface area contributed by atoms with Crippen LogP contribution in [0.25, 0.3) is 0 Å². The summed E-state index contributed by atoms with van der Waals surface area (Å²) in [6, 6.07) is 2.02. The molecule has 160 valence electrons. The van der Waals surface area contributed by atoms with Crippen LogP contribution in [-0.2, 0) is 9.53 Å². The van der Waals surface area contributed by atoms with Gasteiger partial charge in [-0.3, -0.25) is 14.5 Å². The number of benzene rings is 1. The molecule has 1 aromatic rings. The summed E-state index contributed by atoms with van der Waals surface area (Å²) in [5, 5.41) is 2.84. The Morgan fingerprint density at radius 3 is 2.59 bits per heavy atom. The molecule has 1 aromatic carbocycles. The molecule has 0 radical (unpaired) electrons. The maximum absolute atomic E-state index is 14.4. The molecule has 3 rings (SSSR count). The summed E-state index contributed by atoms with van der Waals surface area (Å²) in [5.41, 5.74) is -1.17. The summed E-state index contributed by atoms with van der Waals surface area (Å²) in [6.07, 6.45) is 2.88. The summed E-state index contributed by atoms with van der Waals surface area (Å²) in [4.78, 5) is 29.5. The van der Waals surface area contributed by atoms with Crippen LogP contribution in [0, 0.1) is 17.6 Å². The lowest BCUT2D eigenvalue weighted by molar-refractivity contribution is -0.127. The van der Waals surface area contributed by atoms with Gasteiger partial charge < -0.3 is 15.0 Å². The minimum absolute atomic E-state index is 0.0662. The summed E-state index contributed by atoms with van der Waals surface area (Å²) in [6.45, 7) is 3.29. The van der Waals surface area contributed by atoms with Crippen molar-refractivity contribution >= 4 is 11.8 Å². The Bertz CT molecular complexity index is 764. The van der Waals surface area contributed by atoms with E-state index in [4.69, 9.17) is 4.74 Å². The first-order chi connectivity index (χ1) is 13.7. The Hall–Kier alpha value is -2.06. The topological polar surface area (TPSA) is 61.9 Å². The fourth-order valence-corrected chi connectivity index (χ4v) is 4.09. The third-order valence-corrected chi connectivity index (χ3v) is 5.86. The molecule has 2 fully saturated rings. The van der Waals surface area contributed by atoms with Crippen molar-refractivity contribution in [3.8, 4) is 0 Å². The minimum atomic E-state index is -0.937. The van der Waals surface area contributed by atoms with Gasteiger partial charge in [0.05, 0.1) is 12.2 Å². The summed E-state index contributed by atoms with van der Waals surface area (Å²) >= 11 is 0. The number of ether oxygens (including phenoxy) is 1. The van der Waals surface area contributed by atoms with Gasteiger partial charge in [0, 0.05) is 19.2 Å². The molecule has 1 saturated heterocycles. The lowest BCUT2D eigenvalue weighted by Crippen LogP contribution is -2.57. The molecule has 1 aliphatic carbocycles. The van der Waals surface area contributed by atoms with Crippen LogP contribution in [0.15, 0.2) is 18.2 Å². The highest BCUT2D eigenvalue weighted by Crippen LogP contribution is 2.43. The largest absolute Gasteiger partial charge is 0.353 e. The van der Waals surface area contributed by atoms with E-state index in [2.05, 4.69) is 12.2 Å². The second-order valence-corrected chi connectivity index (χ2v) is 8.35. The zero-order chi connectivity index (χ0) is 21.2. The van der Waals surface area contributed by atoms with Gasteiger partial charge in [0.2, 0.25) is 5.91 Å². The highest BCUT2D eigenvalue weighted by molar-refractivity contribution is 5.98. The molecule has 2 amide bonds. The Morgan fingerprint density at radius 1 is 1.28 bits per heavy atom. The predicted molar refractivity (Wildman–Crippen MR) is 104 cm³/mol. The molecular weight excluding hydrogens is 380 g/mol. The van der Waals surface area contributed by atoms with E-state index in [0.29, 0.717) is 37.9 Å². The van der Waals surface area contributed by atoms with Crippen LogP contribution in [-0.4, -0.2) is 67.2 Å². The fourth-order valence-electron chi connectivity index (χ4n) is 4.09. The Labute approximate surface area is 170 Å². The van der Waals surface area contributed by atoms with Crippen LogP contribution in [0.2, 0.25) is 0 Å². The van der Waals surface area contributed by atoms with Gasteiger partial charge >= 0.3 is 0 Å². The van der Waals surface area contributed by atoms with E-state index in [1.54, 1.807) is 0 Å². The first-order valence-electron chi connectivity index (χ1n) is 10.1. The van der Waals surface area contributed by atoms with Gasteiger partial charge in [0.1, 0.15) is 23.4 Å². The zero-order valence-corrected chi connectivity index (χ0v) is 17.2. The number of hydrogen-bond donors (Lipinski definition) is 1. The van der Waals surface area contributed by atoms with E-state index < -0.39 is 29.3 Å². The van der Waals surface area contributed by atoms with Gasteiger partial charge in [0.25, 0.3) is 5.91 Å². The Balaban J connectivity index is 1.88. The lowest BCUT2D eigenvalue weighted by Gasteiger charge is -2.43. The molecule has 1 spiro atoms. The smallest absolute Gasteiger partial charge is 0.259 e. The molecule has 1 N–H and O–H groups in total. The predicted octanol–water partition coefficient (Wildman–Crippen LogP) is 2.39. The Kier molecular flexibility index (Phi) is 6.53. The van der Waals surface area contributed by atoms with E-state index in [9.17, 15) is 18.4 Å². The zero-order valence-electron chi connectivity index (χ0n) is 17.2. The van der Waals surface area contributed by atoms with E-state index >= 15 is 0 Å². The van der Waals surface area contributed by atoms with Crippen molar-refractivity contribution in [2.24, 2.45) is 5.92 Å². The molecule has 0 bridgehead atoms. The maximum Gasteiger partial charge on any atom is 0.259 e. The van der Waals surface area contributed by atoms with Gasteiger partial charge in [0.15, 0.2) is 0 Å². The van der Waals surface area contributed by atoms with Crippen LogP contribution in [0.3, 0.4) is 0 Å². The van der Waals surface area contributed by atoms with Crippen molar-refractivity contribution in [2.75, 3.05) is 33.8 Å². The Morgan fingerprint density at radius 2 is 1.97 bits per heavy atom. The molecule has 8 heteroatoms. The van der Waals surface area contributed by atoms with Gasteiger partial charge in [-0.25, -0.2) is 8.78 Å². The number of nitrogens with one attached hydrogen (secondary N) is 1. The van der Waals surface area contributed by atoms with Crippen molar-refractivity contribution in [1.29, 1.82) is 0 Å². The third kappa shape index (κ3) is 4.59. The van der Waals surface area contributed by atoms with E-state index in [-0.39, 0.29) is 18.1 Å². The third-order valence-electron chi connectivity index (χ3n) is 5.86. The average molecular weight is 409 g/mol. The van der Waals surface area contributed by atoms with Gasteiger partial charge in [-0.2, -0.15) is 0 Å². The molecule has 1 saturated carbocycles. The molecule has 1 aliphatic heterocycles. The normalized spacial score (nSPS) is 26.9. The number of rotatable bonds is 5. The van der Waals surface area contributed by atoms with Gasteiger partial charge in [-0.1, -0.05) is 6.92 Å². The highest BCUT2D eigenvalue weighted by atomic mass is 19.1. The summed E-state index contributed by atoms with van der Waals surface area (Å²) in [5.74, 6) is -2.15. The van der Waals surface area contributed by atoms with Crippen molar-refractivity contribution in [1.82, 2.24) is 15.1 Å². The molecular formula is C21H29F2N3O3. The second kappa shape index (κ2) is 8.75.